The fourth-order valence-corrected chi connectivity index (χ4v) is 6.95. The fourth-order valence-electron chi connectivity index (χ4n) is 3.70. The molecule has 1 heterocycles. The minimum Gasteiger partial charge on any atom is -0.147 e. The molecule has 0 N–H and O–H groups in total. The van der Waals surface area contributed by atoms with Crippen LogP contribution in [0.1, 0.15) is 33.2 Å². The number of fused-ring (bicyclic) bond motifs is 3. The molecule has 4 rings (SSSR count). The van der Waals surface area contributed by atoms with Crippen LogP contribution in [0, 0.1) is 11.8 Å². The number of hydrogen-bond acceptors (Lipinski definition) is 1. The smallest absolute Gasteiger partial charge is 0.0537 e. The van der Waals surface area contributed by atoms with Crippen molar-refractivity contribution < 1.29 is 0 Å². The molecule has 98 valence electrons. The van der Waals surface area contributed by atoms with Gasteiger partial charge in [-0.1, -0.05) is 40.2 Å². The van der Waals surface area contributed by atoms with Gasteiger partial charge >= 0.3 is 0 Å². The summed E-state index contributed by atoms with van der Waals surface area (Å²) < 4.78 is 1.26. The molecule has 0 aliphatic heterocycles. The Morgan fingerprint density at radius 2 is 2.05 bits per heavy atom. The second-order valence-electron chi connectivity index (χ2n) is 5.54. The number of hydrogen-bond donors (Lipinski definition) is 0. The molecule has 0 saturated heterocycles. The van der Waals surface area contributed by atoms with Gasteiger partial charge in [0.2, 0.25) is 0 Å². The van der Waals surface area contributed by atoms with Crippen LogP contribution in [0.4, 0.5) is 0 Å². The molecule has 2 aliphatic carbocycles. The van der Waals surface area contributed by atoms with Gasteiger partial charge in [-0.3, -0.25) is 0 Å². The molecule has 4 atom stereocenters. The topological polar surface area (TPSA) is 0 Å². The first kappa shape index (κ1) is 12.6. The van der Waals surface area contributed by atoms with Gasteiger partial charge in [0.15, 0.2) is 0 Å². The predicted molar refractivity (Wildman–Crippen MR) is 88.2 cm³/mol. The van der Waals surface area contributed by atoms with Gasteiger partial charge in [-0.15, -0.1) is 11.3 Å². The second kappa shape index (κ2) is 4.71. The lowest BCUT2D eigenvalue weighted by atomic mass is 9.92. The van der Waals surface area contributed by atoms with Crippen LogP contribution in [-0.2, 0) is 6.42 Å². The Balaban J connectivity index is 1.66. The maximum absolute atomic E-state index is 3.97. The molecular weight excluding hydrogens is 384 g/mol. The summed E-state index contributed by atoms with van der Waals surface area (Å²) in [6, 6.07) is 11.2. The van der Waals surface area contributed by atoms with E-state index in [4.69, 9.17) is 0 Å². The van der Waals surface area contributed by atoms with E-state index in [1.165, 1.54) is 22.2 Å². The van der Waals surface area contributed by atoms with Crippen LogP contribution in [0.5, 0.6) is 0 Å². The minimum absolute atomic E-state index is 0.503. The van der Waals surface area contributed by atoms with E-state index in [-0.39, 0.29) is 0 Å². The van der Waals surface area contributed by atoms with E-state index in [1.54, 1.807) is 11.1 Å². The van der Waals surface area contributed by atoms with Crippen molar-refractivity contribution in [3.05, 3.63) is 56.2 Å². The molecule has 1 saturated carbocycles. The van der Waals surface area contributed by atoms with Crippen molar-refractivity contribution in [2.45, 2.75) is 23.6 Å². The number of thiophene rings is 1. The van der Waals surface area contributed by atoms with Gasteiger partial charge in [-0.2, -0.15) is 0 Å². The third-order valence-electron chi connectivity index (χ3n) is 4.62. The van der Waals surface area contributed by atoms with E-state index in [1.807, 2.05) is 11.3 Å². The summed E-state index contributed by atoms with van der Waals surface area (Å²) in [6.07, 6.45) is 2.62. The monoisotopic (exact) mass is 396 g/mol. The molecular formula is C16H14Br2S. The number of rotatable bonds is 2. The standard InChI is InChI=1S/C16H14Br2S/c17-12-7-8-19-16(12)15(18)14-11-6-5-9-3-1-2-4-10(9)13(11)14/h1-4,7-8,11,13-15H,5-6H2. The van der Waals surface area contributed by atoms with Gasteiger partial charge in [-0.05, 0) is 69.1 Å². The van der Waals surface area contributed by atoms with E-state index in [9.17, 15) is 0 Å². The highest BCUT2D eigenvalue weighted by Gasteiger charge is 2.56. The van der Waals surface area contributed by atoms with Crippen LogP contribution in [0.2, 0.25) is 0 Å². The van der Waals surface area contributed by atoms with Crippen molar-refractivity contribution >= 4 is 43.2 Å². The maximum Gasteiger partial charge on any atom is 0.0537 e. The Morgan fingerprint density at radius 3 is 2.84 bits per heavy atom. The third kappa shape index (κ3) is 1.97. The quantitative estimate of drug-likeness (QED) is 0.551. The Kier molecular flexibility index (Phi) is 3.13. The summed E-state index contributed by atoms with van der Waals surface area (Å²) in [6.45, 7) is 0. The number of halogens is 2. The molecule has 19 heavy (non-hydrogen) atoms. The fraction of sp³-hybridized carbons (Fsp3) is 0.375. The predicted octanol–water partition coefficient (Wildman–Crippen LogP) is 5.92. The molecule has 0 amide bonds. The molecule has 4 unspecified atom stereocenters. The third-order valence-corrected chi connectivity index (χ3v) is 7.95. The van der Waals surface area contributed by atoms with Gasteiger partial charge in [0, 0.05) is 9.35 Å². The van der Waals surface area contributed by atoms with Crippen LogP contribution in [0.3, 0.4) is 0 Å². The molecule has 2 aromatic rings. The summed E-state index contributed by atoms with van der Waals surface area (Å²) in [5, 5.41) is 2.17. The zero-order valence-corrected chi connectivity index (χ0v) is 14.3. The number of alkyl halides is 1. The van der Waals surface area contributed by atoms with Gasteiger partial charge in [-0.25, -0.2) is 0 Å². The van der Waals surface area contributed by atoms with E-state index >= 15 is 0 Å². The van der Waals surface area contributed by atoms with Gasteiger partial charge < -0.3 is 0 Å². The maximum atomic E-state index is 3.97. The minimum atomic E-state index is 0.503. The van der Waals surface area contributed by atoms with Gasteiger partial charge in [0.25, 0.3) is 0 Å². The van der Waals surface area contributed by atoms with Crippen molar-refractivity contribution in [3.8, 4) is 0 Å². The number of aryl methyl sites for hydroxylation is 1. The van der Waals surface area contributed by atoms with E-state index in [0.717, 1.165) is 17.8 Å². The molecule has 0 spiro atoms. The molecule has 1 aromatic carbocycles. The summed E-state index contributed by atoms with van der Waals surface area (Å²) in [4.78, 5) is 1.96. The van der Waals surface area contributed by atoms with Crippen molar-refractivity contribution in [2.24, 2.45) is 11.8 Å². The Hall–Kier alpha value is -0.120. The van der Waals surface area contributed by atoms with Crippen LogP contribution in [-0.4, -0.2) is 0 Å². The first-order valence-corrected chi connectivity index (χ1v) is 9.31. The summed E-state index contributed by atoms with van der Waals surface area (Å²) in [5.74, 6) is 2.44. The highest BCUT2D eigenvalue weighted by Crippen LogP contribution is 2.66. The zero-order chi connectivity index (χ0) is 13.0. The molecule has 0 nitrogen and oxygen atoms in total. The molecule has 1 fully saturated rings. The van der Waals surface area contributed by atoms with E-state index in [2.05, 4.69) is 67.6 Å². The highest BCUT2D eigenvalue weighted by atomic mass is 79.9. The summed E-state index contributed by atoms with van der Waals surface area (Å²) in [7, 11) is 0. The highest BCUT2D eigenvalue weighted by molar-refractivity contribution is 9.11. The molecule has 0 radical (unpaired) electrons. The Labute approximate surface area is 134 Å². The Morgan fingerprint density at radius 1 is 1.21 bits per heavy atom. The van der Waals surface area contributed by atoms with E-state index < -0.39 is 0 Å². The number of benzene rings is 1. The molecule has 0 bridgehead atoms. The summed E-state index contributed by atoms with van der Waals surface area (Å²) in [5.41, 5.74) is 3.19. The van der Waals surface area contributed by atoms with Crippen molar-refractivity contribution in [1.29, 1.82) is 0 Å². The Bertz CT molecular complexity index is 619. The lowest BCUT2D eigenvalue weighted by molar-refractivity contribution is 0.629. The average molecular weight is 398 g/mol. The van der Waals surface area contributed by atoms with Crippen LogP contribution >= 0.6 is 43.2 Å². The molecule has 1 aromatic heterocycles. The normalized spacial score (nSPS) is 29.5. The van der Waals surface area contributed by atoms with Crippen LogP contribution < -0.4 is 0 Å². The SMILES string of the molecule is Brc1ccsc1C(Br)C1C2CCc3ccccc3C21. The molecule has 2 aliphatic rings. The lowest BCUT2D eigenvalue weighted by Gasteiger charge is -2.13. The second-order valence-corrected chi connectivity index (χ2v) is 8.33. The first-order chi connectivity index (χ1) is 9.27. The van der Waals surface area contributed by atoms with Crippen molar-refractivity contribution in [2.75, 3.05) is 0 Å². The summed E-state index contributed by atoms with van der Waals surface area (Å²) >= 11 is 9.50. The first-order valence-electron chi connectivity index (χ1n) is 6.72. The van der Waals surface area contributed by atoms with Crippen molar-refractivity contribution in [3.63, 3.8) is 0 Å². The zero-order valence-electron chi connectivity index (χ0n) is 10.4. The van der Waals surface area contributed by atoms with Crippen LogP contribution in [0.25, 0.3) is 0 Å². The average Bonchev–Trinajstić information content (AvgIpc) is 3.04. The van der Waals surface area contributed by atoms with E-state index in [0.29, 0.717) is 4.83 Å². The lowest BCUT2D eigenvalue weighted by Crippen LogP contribution is -2.00. The largest absolute Gasteiger partial charge is 0.147 e. The molecule has 3 heteroatoms. The van der Waals surface area contributed by atoms with Crippen molar-refractivity contribution in [1.82, 2.24) is 0 Å². The van der Waals surface area contributed by atoms with Gasteiger partial charge in [0.05, 0.1) is 4.83 Å². The van der Waals surface area contributed by atoms with Gasteiger partial charge in [0.1, 0.15) is 0 Å². The van der Waals surface area contributed by atoms with Crippen LogP contribution in [0.15, 0.2) is 40.2 Å².